The van der Waals surface area contributed by atoms with Crippen LogP contribution < -0.4 is 5.32 Å². The van der Waals surface area contributed by atoms with E-state index in [2.05, 4.69) is 15.4 Å². The number of aromatic nitrogens is 4. The molecule has 0 bridgehead atoms. The van der Waals surface area contributed by atoms with Gasteiger partial charge in [0.15, 0.2) is 0 Å². The number of amides is 1. The first-order valence-electron chi connectivity index (χ1n) is 11.1. The van der Waals surface area contributed by atoms with Crippen LogP contribution in [-0.4, -0.2) is 52.1 Å². The van der Waals surface area contributed by atoms with Crippen LogP contribution >= 0.6 is 0 Å². The summed E-state index contributed by atoms with van der Waals surface area (Å²) >= 11 is 0. The van der Waals surface area contributed by atoms with Crippen LogP contribution in [0.5, 0.6) is 0 Å². The topological polar surface area (TPSA) is 102 Å². The molecule has 0 saturated heterocycles. The largest absolute Gasteiger partial charge is 0.328 e. The minimum absolute atomic E-state index is 0.134. The first-order valence-corrected chi connectivity index (χ1v) is 12.5. The number of sulfonamides is 1. The van der Waals surface area contributed by atoms with Crippen LogP contribution in [-0.2, 0) is 34.3 Å². The molecule has 0 aliphatic carbocycles. The molecule has 0 radical (unpaired) electrons. The molecule has 0 spiro atoms. The maximum atomic E-state index is 12.6. The summed E-state index contributed by atoms with van der Waals surface area (Å²) in [5, 5.41) is 7.20. The molecule has 4 aromatic rings. The fraction of sp³-hybridized carbons (Fsp3) is 0.292. The maximum absolute atomic E-state index is 12.6. The molecular formula is C24H28N6O3S. The van der Waals surface area contributed by atoms with Crippen LogP contribution in [0.15, 0.2) is 65.8 Å². The van der Waals surface area contributed by atoms with E-state index in [0.717, 1.165) is 16.9 Å². The van der Waals surface area contributed by atoms with E-state index in [1.54, 1.807) is 35.3 Å². The van der Waals surface area contributed by atoms with E-state index in [1.165, 1.54) is 18.4 Å². The smallest absolute Gasteiger partial charge is 0.242 e. The van der Waals surface area contributed by atoms with Crippen molar-refractivity contribution in [2.45, 2.75) is 37.8 Å². The first kappa shape index (κ1) is 23.7. The Labute approximate surface area is 199 Å². The van der Waals surface area contributed by atoms with Gasteiger partial charge in [0, 0.05) is 39.7 Å². The second-order valence-corrected chi connectivity index (χ2v) is 10.3. The fourth-order valence-corrected chi connectivity index (χ4v) is 4.73. The van der Waals surface area contributed by atoms with Crippen LogP contribution in [0.3, 0.4) is 0 Å². The number of imidazole rings is 1. The van der Waals surface area contributed by atoms with Gasteiger partial charge in [0.2, 0.25) is 15.9 Å². The molecule has 34 heavy (non-hydrogen) atoms. The van der Waals surface area contributed by atoms with Crippen molar-refractivity contribution < 1.29 is 13.2 Å². The third-order valence-corrected chi connectivity index (χ3v) is 7.38. The van der Waals surface area contributed by atoms with Crippen molar-refractivity contribution in [3.05, 3.63) is 72.3 Å². The highest BCUT2D eigenvalue weighted by Crippen LogP contribution is 2.23. The number of nitrogens with one attached hydrogen (secondary N) is 1. The number of nitrogens with zero attached hydrogens (tertiary/aromatic N) is 5. The normalized spacial score (nSPS) is 11.9. The third-order valence-electron chi connectivity index (χ3n) is 5.57. The van der Waals surface area contributed by atoms with Gasteiger partial charge in [-0.15, -0.1) is 0 Å². The Hall–Kier alpha value is -3.50. The number of hydrogen-bond acceptors (Lipinski definition) is 5. The van der Waals surface area contributed by atoms with Gasteiger partial charge in [0.1, 0.15) is 5.82 Å². The minimum Gasteiger partial charge on any atom is -0.328 e. The van der Waals surface area contributed by atoms with Crippen molar-refractivity contribution in [2.75, 3.05) is 19.4 Å². The van der Waals surface area contributed by atoms with Crippen LogP contribution in [0.2, 0.25) is 0 Å². The molecular weight excluding hydrogens is 452 g/mol. The lowest BCUT2D eigenvalue weighted by atomic mass is 10.2. The van der Waals surface area contributed by atoms with Gasteiger partial charge in [-0.05, 0) is 30.7 Å². The third kappa shape index (κ3) is 5.02. The standard InChI is InChI=1S/C24H28N6O3S/c1-4-30-22-11-10-20(34(32,33)28(2)3)14-21(22)27-23(30)12-13-24(31)26-19-15-25-29(17-19)16-18-8-6-5-7-9-18/h5-11,14-15,17H,4,12-13,16H2,1-3H3,(H,26,31). The summed E-state index contributed by atoms with van der Waals surface area (Å²) in [4.78, 5) is 17.4. The van der Waals surface area contributed by atoms with E-state index >= 15 is 0 Å². The zero-order valence-corrected chi connectivity index (χ0v) is 20.3. The molecule has 178 valence electrons. The quantitative estimate of drug-likeness (QED) is 0.397. The molecule has 0 aliphatic rings. The Bertz CT molecular complexity index is 1410. The van der Waals surface area contributed by atoms with E-state index < -0.39 is 10.0 Å². The number of hydrogen-bond donors (Lipinski definition) is 1. The molecule has 9 nitrogen and oxygen atoms in total. The summed E-state index contributed by atoms with van der Waals surface area (Å²) in [6.07, 6.45) is 4.12. The zero-order chi connectivity index (χ0) is 24.3. The lowest BCUT2D eigenvalue weighted by Gasteiger charge is -2.11. The molecule has 10 heteroatoms. The number of carbonyl (C=O) groups excluding carboxylic acids is 1. The summed E-state index contributed by atoms with van der Waals surface area (Å²) in [6.45, 7) is 3.29. The molecule has 1 N–H and O–H groups in total. The Kier molecular flexibility index (Phi) is 6.80. The molecule has 0 unspecified atom stereocenters. The SMILES string of the molecule is CCn1c(CCC(=O)Nc2cnn(Cc3ccccc3)c2)nc2cc(S(=O)(=O)N(C)C)ccc21. The zero-order valence-electron chi connectivity index (χ0n) is 19.5. The Balaban J connectivity index is 1.43. The van der Waals surface area contributed by atoms with Gasteiger partial charge in [0.05, 0.1) is 34.4 Å². The predicted molar refractivity (Wildman–Crippen MR) is 131 cm³/mol. The molecule has 4 rings (SSSR count). The molecule has 0 saturated carbocycles. The summed E-state index contributed by atoms with van der Waals surface area (Å²) in [5.74, 6) is 0.608. The number of rotatable bonds is 9. The van der Waals surface area contributed by atoms with Gasteiger partial charge >= 0.3 is 0 Å². The number of benzene rings is 2. The first-order chi connectivity index (χ1) is 16.3. The molecule has 1 amide bonds. The molecule has 0 atom stereocenters. The summed E-state index contributed by atoms with van der Waals surface area (Å²) in [7, 11) is -0.546. The van der Waals surface area contributed by atoms with Crippen molar-refractivity contribution in [1.29, 1.82) is 0 Å². The van der Waals surface area contributed by atoms with Crippen molar-refractivity contribution in [3.8, 4) is 0 Å². The van der Waals surface area contributed by atoms with E-state index in [-0.39, 0.29) is 17.2 Å². The molecule has 2 aromatic carbocycles. The Morgan fingerprint density at radius 3 is 2.59 bits per heavy atom. The number of aryl methyl sites for hydroxylation is 2. The molecule has 2 aromatic heterocycles. The van der Waals surface area contributed by atoms with E-state index in [1.807, 2.05) is 41.8 Å². The van der Waals surface area contributed by atoms with E-state index in [9.17, 15) is 13.2 Å². The minimum atomic E-state index is -3.55. The second kappa shape index (κ2) is 9.78. The van der Waals surface area contributed by atoms with Gasteiger partial charge in [-0.3, -0.25) is 9.48 Å². The summed E-state index contributed by atoms with van der Waals surface area (Å²) < 4.78 is 29.9. The van der Waals surface area contributed by atoms with Crippen molar-refractivity contribution in [3.63, 3.8) is 0 Å². The highest BCUT2D eigenvalue weighted by atomic mass is 32.2. The Morgan fingerprint density at radius 2 is 1.88 bits per heavy atom. The fourth-order valence-electron chi connectivity index (χ4n) is 3.81. The maximum Gasteiger partial charge on any atom is 0.242 e. The number of anilines is 1. The van der Waals surface area contributed by atoms with Gasteiger partial charge in [0.25, 0.3) is 0 Å². The van der Waals surface area contributed by atoms with E-state index in [4.69, 9.17) is 0 Å². The van der Waals surface area contributed by atoms with Crippen molar-refractivity contribution in [2.24, 2.45) is 0 Å². The molecule has 0 fully saturated rings. The van der Waals surface area contributed by atoms with Crippen LogP contribution in [0.25, 0.3) is 11.0 Å². The van der Waals surface area contributed by atoms with Crippen molar-refractivity contribution in [1.82, 2.24) is 23.6 Å². The number of fused-ring (bicyclic) bond motifs is 1. The van der Waals surface area contributed by atoms with E-state index in [0.29, 0.717) is 30.7 Å². The van der Waals surface area contributed by atoms with Gasteiger partial charge in [-0.1, -0.05) is 30.3 Å². The Morgan fingerprint density at radius 1 is 1.12 bits per heavy atom. The lowest BCUT2D eigenvalue weighted by molar-refractivity contribution is -0.116. The van der Waals surface area contributed by atoms with Gasteiger partial charge in [-0.25, -0.2) is 17.7 Å². The number of carbonyl (C=O) groups is 1. The summed E-state index contributed by atoms with van der Waals surface area (Å²) in [6, 6.07) is 14.9. The lowest BCUT2D eigenvalue weighted by Crippen LogP contribution is -2.22. The second-order valence-electron chi connectivity index (χ2n) is 8.17. The van der Waals surface area contributed by atoms with Gasteiger partial charge < -0.3 is 9.88 Å². The van der Waals surface area contributed by atoms with Crippen molar-refractivity contribution >= 4 is 32.7 Å². The highest BCUT2D eigenvalue weighted by molar-refractivity contribution is 7.89. The van der Waals surface area contributed by atoms with Gasteiger partial charge in [-0.2, -0.15) is 5.10 Å². The highest BCUT2D eigenvalue weighted by Gasteiger charge is 2.20. The molecule has 0 aliphatic heterocycles. The summed E-state index contributed by atoms with van der Waals surface area (Å²) in [5.41, 5.74) is 3.21. The van der Waals surface area contributed by atoms with Crippen LogP contribution in [0, 0.1) is 0 Å². The average molecular weight is 481 g/mol. The van der Waals surface area contributed by atoms with Crippen LogP contribution in [0.4, 0.5) is 5.69 Å². The molecule has 2 heterocycles. The average Bonchev–Trinajstić information content (AvgIpc) is 3.40. The monoisotopic (exact) mass is 480 g/mol. The predicted octanol–water partition coefficient (Wildman–Crippen LogP) is 3.12. The van der Waals surface area contributed by atoms with Crippen LogP contribution in [0.1, 0.15) is 24.7 Å².